The van der Waals surface area contributed by atoms with E-state index in [1.54, 1.807) is 0 Å². The highest BCUT2D eigenvalue weighted by molar-refractivity contribution is 7.98. The molecule has 0 saturated carbocycles. The number of aliphatic hydroxyl groups excluding tert-OH is 1. The summed E-state index contributed by atoms with van der Waals surface area (Å²) in [5, 5.41) is 12.5. The maximum Gasteiger partial charge on any atom is 0.303 e. The molecular formula is C17H24F2N6O3S2. The van der Waals surface area contributed by atoms with E-state index in [1.165, 1.54) is 26.2 Å². The number of benzene rings is 1. The molecule has 1 aromatic carbocycles. The Morgan fingerprint density at radius 2 is 1.90 bits per heavy atom. The number of thioether (sulfide) groups is 1. The van der Waals surface area contributed by atoms with Crippen LogP contribution in [0.3, 0.4) is 0 Å². The van der Waals surface area contributed by atoms with Crippen molar-refractivity contribution in [3.8, 4) is 0 Å². The van der Waals surface area contributed by atoms with Gasteiger partial charge in [0.15, 0.2) is 16.8 Å². The standard InChI is InChI=1S/C17H24F2N6O3S2/c1-4-6-12(9-26)20-15-21-16(24-30(27,28)25(2)3)23-17(22-15)29-10-11-7-5-8-13(18)14(11)19/h5,7-8,12,26H,4,6,9-10H2,1-3H3,(H2,20,21,22,23,24)/t12-/m1/s1. The van der Waals surface area contributed by atoms with Gasteiger partial charge in [-0.3, -0.25) is 0 Å². The lowest BCUT2D eigenvalue weighted by atomic mass is 10.2. The Morgan fingerprint density at radius 3 is 2.53 bits per heavy atom. The first kappa shape index (κ1) is 24.2. The second kappa shape index (κ2) is 10.8. The Morgan fingerprint density at radius 1 is 1.20 bits per heavy atom. The normalized spacial score (nSPS) is 12.8. The van der Waals surface area contributed by atoms with Gasteiger partial charge in [-0.1, -0.05) is 37.2 Å². The predicted molar refractivity (Wildman–Crippen MR) is 111 cm³/mol. The highest BCUT2D eigenvalue weighted by atomic mass is 32.2. The first-order valence-corrected chi connectivity index (χ1v) is 11.5. The van der Waals surface area contributed by atoms with Crippen LogP contribution in [-0.4, -0.2) is 59.5 Å². The minimum absolute atomic E-state index is 0.0192. The van der Waals surface area contributed by atoms with E-state index >= 15 is 0 Å². The third-order valence-electron chi connectivity index (χ3n) is 3.89. The molecular weight excluding hydrogens is 438 g/mol. The molecule has 13 heteroatoms. The number of nitrogens with zero attached hydrogens (tertiary/aromatic N) is 4. The van der Waals surface area contributed by atoms with Gasteiger partial charge in [-0.15, -0.1) is 0 Å². The number of aromatic nitrogens is 3. The topological polar surface area (TPSA) is 120 Å². The molecule has 0 amide bonds. The first-order valence-electron chi connectivity index (χ1n) is 9.05. The van der Waals surface area contributed by atoms with Gasteiger partial charge < -0.3 is 10.4 Å². The van der Waals surface area contributed by atoms with E-state index in [-0.39, 0.29) is 41.0 Å². The molecule has 0 aliphatic carbocycles. The summed E-state index contributed by atoms with van der Waals surface area (Å²) in [6, 6.07) is 3.51. The Kier molecular flexibility index (Phi) is 8.70. The largest absolute Gasteiger partial charge is 0.394 e. The zero-order valence-electron chi connectivity index (χ0n) is 16.8. The van der Waals surface area contributed by atoms with Crippen LogP contribution in [0.15, 0.2) is 23.4 Å². The summed E-state index contributed by atoms with van der Waals surface area (Å²) in [5.74, 6) is -2.09. The van der Waals surface area contributed by atoms with E-state index in [1.807, 2.05) is 6.92 Å². The van der Waals surface area contributed by atoms with Gasteiger partial charge in [-0.2, -0.15) is 27.7 Å². The van der Waals surface area contributed by atoms with Gasteiger partial charge in [0.25, 0.3) is 0 Å². The van der Waals surface area contributed by atoms with Gasteiger partial charge in [-0.05, 0) is 12.5 Å². The lowest BCUT2D eigenvalue weighted by Crippen LogP contribution is -2.30. The molecule has 0 unspecified atom stereocenters. The minimum atomic E-state index is -3.87. The second-order valence-corrected chi connectivity index (χ2v) is 9.30. The molecule has 0 saturated heterocycles. The lowest BCUT2D eigenvalue weighted by molar-refractivity contribution is 0.268. The molecule has 2 rings (SSSR count). The number of hydrogen-bond acceptors (Lipinski definition) is 8. The quantitative estimate of drug-likeness (QED) is 0.435. The third kappa shape index (κ3) is 6.72. The number of rotatable bonds is 11. The lowest BCUT2D eigenvalue weighted by Gasteiger charge is -2.17. The average Bonchev–Trinajstić information content (AvgIpc) is 2.68. The second-order valence-electron chi connectivity index (χ2n) is 6.47. The van der Waals surface area contributed by atoms with Gasteiger partial charge in [0, 0.05) is 25.4 Å². The first-order chi connectivity index (χ1) is 14.2. The van der Waals surface area contributed by atoms with Crippen molar-refractivity contribution in [1.82, 2.24) is 19.3 Å². The smallest absolute Gasteiger partial charge is 0.303 e. The van der Waals surface area contributed by atoms with E-state index in [0.717, 1.165) is 28.6 Å². The van der Waals surface area contributed by atoms with Crippen LogP contribution in [0.4, 0.5) is 20.7 Å². The predicted octanol–water partition coefficient (Wildman–Crippen LogP) is 2.23. The number of nitrogens with one attached hydrogen (secondary N) is 2. The zero-order chi connectivity index (χ0) is 22.3. The monoisotopic (exact) mass is 462 g/mol. The van der Waals surface area contributed by atoms with E-state index in [9.17, 15) is 22.3 Å². The summed E-state index contributed by atoms with van der Waals surface area (Å²) in [4.78, 5) is 12.3. The van der Waals surface area contributed by atoms with Crippen molar-refractivity contribution >= 4 is 33.9 Å². The van der Waals surface area contributed by atoms with Gasteiger partial charge >= 0.3 is 10.2 Å². The maximum atomic E-state index is 13.9. The van der Waals surface area contributed by atoms with Gasteiger partial charge in [0.2, 0.25) is 11.9 Å². The van der Waals surface area contributed by atoms with Crippen molar-refractivity contribution in [3.63, 3.8) is 0 Å². The molecule has 3 N–H and O–H groups in total. The van der Waals surface area contributed by atoms with Crippen LogP contribution >= 0.6 is 11.8 Å². The van der Waals surface area contributed by atoms with E-state index in [0.29, 0.717) is 6.42 Å². The highest BCUT2D eigenvalue weighted by Gasteiger charge is 2.18. The van der Waals surface area contributed by atoms with Crippen LogP contribution in [0, 0.1) is 11.6 Å². The Hall–Kier alpha value is -2.09. The Labute approximate surface area is 178 Å². The maximum absolute atomic E-state index is 13.9. The van der Waals surface area contributed by atoms with Crippen LogP contribution in [0.25, 0.3) is 0 Å². The molecule has 1 aromatic heterocycles. The fraction of sp³-hybridized carbons (Fsp3) is 0.471. The molecule has 0 spiro atoms. The van der Waals surface area contributed by atoms with Crippen molar-refractivity contribution in [3.05, 3.63) is 35.4 Å². The highest BCUT2D eigenvalue weighted by Crippen LogP contribution is 2.24. The summed E-state index contributed by atoms with van der Waals surface area (Å²) in [6.07, 6.45) is 1.43. The van der Waals surface area contributed by atoms with E-state index in [2.05, 4.69) is 25.0 Å². The van der Waals surface area contributed by atoms with Crippen molar-refractivity contribution < 1.29 is 22.3 Å². The molecule has 30 heavy (non-hydrogen) atoms. The molecule has 1 atom stereocenters. The third-order valence-corrected chi connectivity index (χ3v) is 6.19. The van der Waals surface area contributed by atoms with Crippen molar-refractivity contribution in [2.75, 3.05) is 30.7 Å². The number of aliphatic hydroxyl groups is 1. The number of halogens is 2. The summed E-state index contributed by atoms with van der Waals surface area (Å²) >= 11 is 0.987. The summed E-state index contributed by atoms with van der Waals surface area (Å²) in [6.45, 7) is 1.78. The van der Waals surface area contributed by atoms with Gasteiger partial charge in [-0.25, -0.2) is 13.5 Å². The van der Waals surface area contributed by atoms with Crippen LogP contribution in [0.2, 0.25) is 0 Å². The van der Waals surface area contributed by atoms with Gasteiger partial charge in [0.1, 0.15) is 0 Å². The van der Waals surface area contributed by atoms with Crippen LogP contribution in [0.1, 0.15) is 25.3 Å². The zero-order valence-corrected chi connectivity index (χ0v) is 18.4. The molecule has 9 nitrogen and oxygen atoms in total. The van der Waals surface area contributed by atoms with E-state index < -0.39 is 21.8 Å². The molecule has 0 aliphatic heterocycles. The molecule has 0 aliphatic rings. The Balaban J connectivity index is 2.31. The molecule has 0 bridgehead atoms. The van der Waals surface area contributed by atoms with Crippen LogP contribution in [-0.2, 0) is 16.0 Å². The SMILES string of the molecule is CCC[C@H](CO)Nc1nc(NS(=O)(=O)N(C)C)nc(SCc2cccc(F)c2F)n1. The van der Waals surface area contributed by atoms with Crippen molar-refractivity contribution in [1.29, 1.82) is 0 Å². The number of anilines is 2. The minimum Gasteiger partial charge on any atom is -0.394 e. The summed E-state index contributed by atoms with van der Waals surface area (Å²) in [5.41, 5.74) is 0.115. The fourth-order valence-electron chi connectivity index (χ4n) is 2.28. The average molecular weight is 463 g/mol. The summed E-state index contributed by atoms with van der Waals surface area (Å²) < 4.78 is 54.7. The van der Waals surface area contributed by atoms with Gasteiger partial charge in [0.05, 0.1) is 12.6 Å². The van der Waals surface area contributed by atoms with Crippen LogP contribution in [0.5, 0.6) is 0 Å². The molecule has 1 heterocycles. The summed E-state index contributed by atoms with van der Waals surface area (Å²) in [7, 11) is -1.19. The molecule has 0 radical (unpaired) electrons. The molecule has 166 valence electrons. The van der Waals surface area contributed by atoms with Crippen LogP contribution < -0.4 is 10.0 Å². The van der Waals surface area contributed by atoms with Crippen molar-refractivity contribution in [2.24, 2.45) is 0 Å². The Bertz CT molecular complexity index is 963. The fourth-order valence-corrected chi connectivity index (χ4v) is 3.59. The molecule has 0 fully saturated rings. The number of hydrogen-bond donors (Lipinski definition) is 3. The van der Waals surface area contributed by atoms with Crippen molar-refractivity contribution in [2.45, 2.75) is 36.7 Å². The van der Waals surface area contributed by atoms with E-state index in [4.69, 9.17) is 0 Å². The molecule has 2 aromatic rings.